The Morgan fingerprint density at radius 1 is 0.968 bits per heavy atom. The number of hydrogen-bond donors (Lipinski definition) is 1. The van der Waals surface area contributed by atoms with Crippen molar-refractivity contribution in [1.82, 2.24) is 0 Å². The number of nitrogens with one attached hydrogen (secondary N) is 1. The molecule has 0 unspecified atom stereocenters. The molecule has 0 saturated carbocycles. The van der Waals surface area contributed by atoms with E-state index in [-0.39, 0.29) is 27.8 Å². The molecule has 0 radical (unpaired) electrons. The maximum atomic E-state index is 13.2. The third-order valence-electron chi connectivity index (χ3n) is 4.84. The molecule has 7 nitrogen and oxygen atoms in total. The Bertz CT molecular complexity index is 1240. The van der Waals surface area contributed by atoms with E-state index in [4.69, 9.17) is 9.47 Å². The Hall–Kier alpha value is -3.52. The van der Waals surface area contributed by atoms with Crippen LogP contribution in [-0.4, -0.2) is 27.5 Å². The number of hydrogen-bond acceptors (Lipinski definition) is 5. The van der Waals surface area contributed by atoms with Crippen LogP contribution >= 0.6 is 0 Å². The highest BCUT2D eigenvalue weighted by molar-refractivity contribution is 7.92. The summed E-state index contributed by atoms with van der Waals surface area (Å²) in [4.78, 5) is 14.8. The van der Waals surface area contributed by atoms with Crippen molar-refractivity contribution in [3.63, 3.8) is 0 Å². The van der Waals surface area contributed by atoms with Crippen LogP contribution in [0.4, 0.5) is 11.4 Å². The number of benzene rings is 3. The third-order valence-corrected chi connectivity index (χ3v) is 6.26. The van der Waals surface area contributed by atoms with Crippen LogP contribution < -0.4 is 19.1 Å². The van der Waals surface area contributed by atoms with Gasteiger partial charge in [-0.2, -0.15) is 0 Å². The van der Waals surface area contributed by atoms with Crippen molar-refractivity contribution >= 4 is 27.3 Å². The summed E-state index contributed by atoms with van der Waals surface area (Å²) in [5, 5.41) is 0. The number of para-hydroxylation sites is 3. The molecule has 3 aromatic carbocycles. The molecular formula is C23H22N2O5S. The van der Waals surface area contributed by atoms with E-state index < -0.39 is 10.0 Å². The van der Waals surface area contributed by atoms with Crippen LogP contribution in [0.5, 0.6) is 17.2 Å². The Kier molecular flexibility index (Phi) is 5.56. The number of anilines is 2. The van der Waals surface area contributed by atoms with Gasteiger partial charge in [0.25, 0.3) is 15.9 Å². The van der Waals surface area contributed by atoms with Crippen LogP contribution in [-0.2, 0) is 10.0 Å². The summed E-state index contributed by atoms with van der Waals surface area (Å²) in [7, 11) is -3.93. The quantitative estimate of drug-likeness (QED) is 0.605. The van der Waals surface area contributed by atoms with Gasteiger partial charge in [0, 0.05) is 12.2 Å². The normalized spacial score (nSPS) is 13.0. The lowest BCUT2D eigenvalue weighted by atomic mass is 10.1. The minimum Gasteiger partial charge on any atom is -0.492 e. The maximum absolute atomic E-state index is 13.2. The summed E-state index contributed by atoms with van der Waals surface area (Å²) in [6.07, 6.45) is 0. The van der Waals surface area contributed by atoms with E-state index in [1.54, 1.807) is 48.2 Å². The number of ether oxygens (including phenoxy) is 2. The fourth-order valence-electron chi connectivity index (χ4n) is 3.46. The van der Waals surface area contributed by atoms with Crippen molar-refractivity contribution in [1.29, 1.82) is 0 Å². The zero-order valence-corrected chi connectivity index (χ0v) is 18.0. The molecule has 0 saturated heterocycles. The molecule has 1 N–H and O–H groups in total. The van der Waals surface area contributed by atoms with Gasteiger partial charge >= 0.3 is 0 Å². The van der Waals surface area contributed by atoms with Crippen molar-refractivity contribution < 1.29 is 22.7 Å². The summed E-state index contributed by atoms with van der Waals surface area (Å²) >= 11 is 0. The van der Waals surface area contributed by atoms with Crippen molar-refractivity contribution in [2.45, 2.75) is 18.7 Å². The van der Waals surface area contributed by atoms with Crippen molar-refractivity contribution in [3.05, 3.63) is 72.3 Å². The number of nitrogens with zero attached hydrogens (tertiary/aromatic N) is 1. The van der Waals surface area contributed by atoms with E-state index in [1.165, 1.54) is 12.1 Å². The number of carbonyl (C=O) groups excluding carboxylic acids is 1. The van der Waals surface area contributed by atoms with Crippen LogP contribution in [0.3, 0.4) is 0 Å². The molecule has 0 atom stereocenters. The molecule has 8 heteroatoms. The zero-order chi connectivity index (χ0) is 22.0. The molecule has 0 spiro atoms. The second-order valence-corrected chi connectivity index (χ2v) is 8.47. The molecule has 1 aliphatic heterocycles. The molecule has 0 aliphatic carbocycles. The van der Waals surface area contributed by atoms with Gasteiger partial charge in [0.05, 0.1) is 17.9 Å². The van der Waals surface area contributed by atoms with Crippen LogP contribution in [0.25, 0.3) is 0 Å². The van der Waals surface area contributed by atoms with Gasteiger partial charge in [-0.3, -0.25) is 9.52 Å². The second kappa shape index (κ2) is 8.31. The van der Waals surface area contributed by atoms with E-state index in [2.05, 4.69) is 4.72 Å². The standard InChI is InChI=1S/C23H22N2O5S/c1-3-25-18-9-5-6-10-20(18)30-19-14-13-16(15-17(19)23(25)26)24-31(27,28)22-12-8-7-11-21(22)29-4-2/h5-15,24H,3-4H2,1-2H3. The molecule has 0 fully saturated rings. The fourth-order valence-corrected chi connectivity index (χ4v) is 4.66. The Balaban J connectivity index is 1.71. The molecule has 1 aliphatic rings. The summed E-state index contributed by atoms with van der Waals surface area (Å²) in [5.41, 5.74) is 1.19. The number of rotatable bonds is 6. The van der Waals surface area contributed by atoms with Crippen molar-refractivity contribution in [3.8, 4) is 17.2 Å². The van der Waals surface area contributed by atoms with Gasteiger partial charge in [0.15, 0.2) is 5.75 Å². The Morgan fingerprint density at radius 2 is 1.71 bits per heavy atom. The van der Waals surface area contributed by atoms with E-state index in [1.807, 2.05) is 25.1 Å². The predicted octanol–water partition coefficient (Wildman–Crippen LogP) is 4.66. The first-order chi connectivity index (χ1) is 14.9. The lowest BCUT2D eigenvalue weighted by molar-refractivity contribution is 0.0988. The molecule has 1 heterocycles. The molecule has 31 heavy (non-hydrogen) atoms. The predicted molar refractivity (Wildman–Crippen MR) is 119 cm³/mol. The second-order valence-electron chi connectivity index (χ2n) is 6.82. The summed E-state index contributed by atoms with van der Waals surface area (Å²) in [5.74, 6) is 0.930. The molecule has 3 aromatic rings. The SMILES string of the molecule is CCOc1ccccc1S(=O)(=O)Nc1ccc2c(c1)C(=O)N(CC)c1ccccc1O2. The van der Waals surface area contributed by atoms with Crippen LogP contribution in [0, 0.1) is 0 Å². The lowest BCUT2D eigenvalue weighted by Gasteiger charge is -2.20. The average Bonchev–Trinajstić information content (AvgIpc) is 2.88. The number of fused-ring (bicyclic) bond motifs is 2. The minimum atomic E-state index is -3.93. The van der Waals surface area contributed by atoms with Crippen LogP contribution in [0.1, 0.15) is 24.2 Å². The highest BCUT2D eigenvalue weighted by Crippen LogP contribution is 2.39. The zero-order valence-electron chi connectivity index (χ0n) is 17.2. The van der Waals surface area contributed by atoms with Gasteiger partial charge in [-0.1, -0.05) is 24.3 Å². The van der Waals surface area contributed by atoms with E-state index in [0.717, 1.165) is 0 Å². The van der Waals surface area contributed by atoms with Gasteiger partial charge in [0.1, 0.15) is 16.4 Å². The minimum absolute atomic E-state index is 0.0250. The van der Waals surface area contributed by atoms with Crippen LogP contribution in [0.2, 0.25) is 0 Å². The number of carbonyl (C=O) groups is 1. The van der Waals surface area contributed by atoms with E-state index in [9.17, 15) is 13.2 Å². The monoisotopic (exact) mass is 438 g/mol. The molecule has 0 bridgehead atoms. The maximum Gasteiger partial charge on any atom is 0.265 e. The summed E-state index contributed by atoms with van der Waals surface area (Å²) in [6.45, 7) is 4.43. The highest BCUT2D eigenvalue weighted by atomic mass is 32.2. The topological polar surface area (TPSA) is 84.9 Å². The Labute approximate surface area is 181 Å². The lowest BCUT2D eigenvalue weighted by Crippen LogP contribution is -2.29. The summed E-state index contributed by atoms with van der Waals surface area (Å²) < 4.78 is 40.0. The van der Waals surface area contributed by atoms with E-state index in [0.29, 0.717) is 30.3 Å². The first-order valence-electron chi connectivity index (χ1n) is 9.92. The van der Waals surface area contributed by atoms with Gasteiger partial charge < -0.3 is 14.4 Å². The van der Waals surface area contributed by atoms with Crippen molar-refractivity contribution in [2.24, 2.45) is 0 Å². The van der Waals surface area contributed by atoms with Gasteiger partial charge in [0.2, 0.25) is 0 Å². The molecule has 1 amide bonds. The summed E-state index contributed by atoms with van der Waals surface area (Å²) in [6, 6.07) is 18.3. The van der Waals surface area contributed by atoms with Gasteiger partial charge in [-0.25, -0.2) is 8.42 Å². The largest absolute Gasteiger partial charge is 0.492 e. The Morgan fingerprint density at radius 3 is 2.48 bits per heavy atom. The fraction of sp³-hybridized carbons (Fsp3) is 0.174. The smallest absolute Gasteiger partial charge is 0.265 e. The molecule has 0 aromatic heterocycles. The first kappa shape index (κ1) is 20.7. The highest BCUT2D eigenvalue weighted by Gasteiger charge is 2.28. The van der Waals surface area contributed by atoms with Gasteiger partial charge in [-0.05, 0) is 56.3 Å². The number of sulfonamides is 1. The first-order valence-corrected chi connectivity index (χ1v) is 11.4. The van der Waals surface area contributed by atoms with Crippen LogP contribution in [0.15, 0.2) is 71.6 Å². The molecule has 4 rings (SSSR count). The van der Waals surface area contributed by atoms with E-state index >= 15 is 0 Å². The molecule has 160 valence electrons. The van der Waals surface area contributed by atoms with Gasteiger partial charge in [-0.15, -0.1) is 0 Å². The number of amides is 1. The molecular weight excluding hydrogens is 416 g/mol. The third kappa shape index (κ3) is 3.94. The van der Waals surface area contributed by atoms with Crippen molar-refractivity contribution in [2.75, 3.05) is 22.8 Å². The average molecular weight is 439 g/mol.